The number of nitrogen functional groups attached to an aromatic ring is 2. The highest BCUT2D eigenvalue weighted by Gasteiger charge is 1.99. The van der Waals surface area contributed by atoms with Crippen LogP contribution in [-0.2, 0) is 6.42 Å². The number of hydrogen-bond donors (Lipinski definition) is 3. The summed E-state index contributed by atoms with van der Waals surface area (Å²) in [6, 6.07) is 5.35. The molecule has 3 nitrogen and oxygen atoms in total. The summed E-state index contributed by atoms with van der Waals surface area (Å²) in [6.45, 7) is 3.60. The van der Waals surface area contributed by atoms with Crippen LogP contribution in [0.1, 0.15) is 5.56 Å². The van der Waals surface area contributed by atoms with Crippen molar-refractivity contribution in [2.45, 2.75) is 6.42 Å². The van der Waals surface area contributed by atoms with E-state index in [4.69, 9.17) is 17.2 Å². The highest BCUT2D eigenvalue weighted by molar-refractivity contribution is 5.56. The second-order valence-corrected chi connectivity index (χ2v) is 2.79. The van der Waals surface area contributed by atoms with Gasteiger partial charge in [-0.05, 0) is 23.8 Å². The summed E-state index contributed by atoms with van der Waals surface area (Å²) >= 11 is 0. The molecule has 0 aliphatic rings. The first-order chi connectivity index (χ1) is 5.59. The fourth-order valence-corrected chi connectivity index (χ4v) is 1.02. The number of nitrogens with two attached hydrogens (primary N) is 3. The Bertz CT molecular complexity index is 305. The van der Waals surface area contributed by atoms with Crippen molar-refractivity contribution in [2.75, 3.05) is 11.5 Å². The molecule has 0 saturated carbocycles. The summed E-state index contributed by atoms with van der Waals surface area (Å²) in [5.74, 6) is 0. The van der Waals surface area contributed by atoms with Gasteiger partial charge in [-0.15, -0.1) is 0 Å². The molecular weight excluding hydrogens is 150 g/mol. The van der Waals surface area contributed by atoms with E-state index < -0.39 is 0 Å². The van der Waals surface area contributed by atoms with Gasteiger partial charge in [0.25, 0.3) is 0 Å². The molecule has 0 saturated heterocycles. The molecule has 6 N–H and O–H groups in total. The maximum Gasteiger partial charge on any atom is 0.0352 e. The van der Waals surface area contributed by atoms with E-state index in [-0.39, 0.29) is 0 Å². The SMILES string of the molecule is C=C(N)Cc1cc(N)ccc1N. The molecule has 0 radical (unpaired) electrons. The summed E-state index contributed by atoms with van der Waals surface area (Å²) in [5.41, 5.74) is 19.6. The van der Waals surface area contributed by atoms with Gasteiger partial charge in [-0.25, -0.2) is 0 Å². The average Bonchev–Trinajstić information content (AvgIpc) is 1.96. The summed E-state index contributed by atoms with van der Waals surface area (Å²) in [6.07, 6.45) is 0.580. The summed E-state index contributed by atoms with van der Waals surface area (Å²) in [4.78, 5) is 0. The van der Waals surface area contributed by atoms with Gasteiger partial charge in [0.15, 0.2) is 0 Å². The number of rotatable bonds is 2. The van der Waals surface area contributed by atoms with Gasteiger partial charge in [-0.1, -0.05) is 6.58 Å². The van der Waals surface area contributed by atoms with Crippen LogP contribution in [-0.4, -0.2) is 0 Å². The van der Waals surface area contributed by atoms with Crippen molar-refractivity contribution in [1.29, 1.82) is 0 Å². The molecular formula is C9H13N3. The molecule has 0 aliphatic heterocycles. The molecule has 0 atom stereocenters. The maximum atomic E-state index is 5.69. The Kier molecular flexibility index (Phi) is 2.24. The monoisotopic (exact) mass is 163 g/mol. The van der Waals surface area contributed by atoms with Crippen LogP contribution in [0.25, 0.3) is 0 Å². The third-order valence-corrected chi connectivity index (χ3v) is 1.58. The van der Waals surface area contributed by atoms with Gasteiger partial charge in [-0.2, -0.15) is 0 Å². The molecule has 64 valence electrons. The Labute approximate surface area is 71.9 Å². The van der Waals surface area contributed by atoms with E-state index >= 15 is 0 Å². The molecule has 0 heterocycles. The van der Waals surface area contributed by atoms with E-state index in [2.05, 4.69) is 6.58 Å². The molecule has 3 heteroatoms. The molecule has 0 fully saturated rings. The van der Waals surface area contributed by atoms with E-state index in [1.165, 1.54) is 0 Å². The van der Waals surface area contributed by atoms with Gasteiger partial charge >= 0.3 is 0 Å². The third kappa shape index (κ3) is 1.92. The van der Waals surface area contributed by atoms with Crippen LogP contribution in [0, 0.1) is 0 Å². The number of anilines is 2. The van der Waals surface area contributed by atoms with Crippen LogP contribution in [0.5, 0.6) is 0 Å². The Morgan fingerprint density at radius 3 is 2.58 bits per heavy atom. The quantitative estimate of drug-likeness (QED) is 0.566. The fourth-order valence-electron chi connectivity index (χ4n) is 1.02. The van der Waals surface area contributed by atoms with Crippen LogP contribution < -0.4 is 17.2 Å². The van der Waals surface area contributed by atoms with Crippen molar-refractivity contribution in [2.24, 2.45) is 5.73 Å². The average molecular weight is 163 g/mol. The van der Waals surface area contributed by atoms with Crippen LogP contribution >= 0.6 is 0 Å². The van der Waals surface area contributed by atoms with E-state index in [9.17, 15) is 0 Å². The van der Waals surface area contributed by atoms with Crippen LogP contribution in [0.15, 0.2) is 30.5 Å². The van der Waals surface area contributed by atoms with Gasteiger partial charge in [0.2, 0.25) is 0 Å². The minimum absolute atomic E-state index is 0.580. The molecule has 1 rings (SSSR count). The minimum atomic E-state index is 0.580. The zero-order chi connectivity index (χ0) is 9.14. The number of hydrogen-bond acceptors (Lipinski definition) is 3. The molecule has 1 aromatic rings. The standard InChI is InChI=1S/C9H13N3/c1-6(10)4-7-5-8(11)2-3-9(7)12/h2-3,5H,1,4,10-12H2. The first kappa shape index (κ1) is 8.46. The first-order valence-electron chi connectivity index (χ1n) is 3.66. The summed E-state index contributed by atoms with van der Waals surface area (Å²) in [5, 5.41) is 0. The predicted octanol–water partition coefficient (Wildman–Crippen LogP) is 0.866. The van der Waals surface area contributed by atoms with Gasteiger partial charge in [0.05, 0.1) is 0 Å². The third-order valence-electron chi connectivity index (χ3n) is 1.58. The van der Waals surface area contributed by atoms with Crippen LogP contribution in [0.3, 0.4) is 0 Å². The largest absolute Gasteiger partial charge is 0.402 e. The molecule has 0 spiro atoms. The maximum absolute atomic E-state index is 5.69. The molecule has 0 unspecified atom stereocenters. The smallest absolute Gasteiger partial charge is 0.0352 e. The lowest BCUT2D eigenvalue weighted by Crippen LogP contribution is -2.03. The predicted molar refractivity (Wildman–Crippen MR) is 52.3 cm³/mol. The van der Waals surface area contributed by atoms with Crippen molar-refractivity contribution in [3.63, 3.8) is 0 Å². The second kappa shape index (κ2) is 3.17. The molecule has 0 aromatic heterocycles. The van der Waals surface area contributed by atoms with E-state index in [1.54, 1.807) is 12.1 Å². The highest BCUT2D eigenvalue weighted by Crippen LogP contribution is 2.17. The lowest BCUT2D eigenvalue weighted by molar-refractivity contribution is 1.13. The van der Waals surface area contributed by atoms with Crippen molar-refractivity contribution >= 4 is 11.4 Å². The normalized spacial score (nSPS) is 9.67. The lowest BCUT2D eigenvalue weighted by atomic mass is 10.1. The van der Waals surface area contributed by atoms with Gasteiger partial charge in [-0.3, -0.25) is 0 Å². The van der Waals surface area contributed by atoms with E-state index in [0.29, 0.717) is 23.5 Å². The highest BCUT2D eigenvalue weighted by atomic mass is 14.6. The molecule has 1 aromatic carbocycles. The van der Waals surface area contributed by atoms with Crippen molar-refractivity contribution in [3.8, 4) is 0 Å². The van der Waals surface area contributed by atoms with E-state index in [0.717, 1.165) is 5.56 Å². The zero-order valence-electron chi connectivity index (χ0n) is 6.88. The topological polar surface area (TPSA) is 78.1 Å². The zero-order valence-corrected chi connectivity index (χ0v) is 6.88. The summed E-state index contributed by atoms with van der Waals surface area (Å²) in [7, 11) is 0. The van der Waals surface area contributed by atoms with Gasteiger partial charge in [0.1, 0.15) is 0 Å². The first-order valence-corrected chi connectivity index (χ1v) is 3.66. The number of benzene rings is 1. The Morgan fingerprint density at radius 2 is 2.00 bits per heavy atom. The Balaban J connectivity index is 2.97. The molecule has 0 aliphatic carbocycles. The fraction of sp³-hybridized carbons (Fsp3) is 0.111. The molecule has 0 bridgehead atoms. The van der Waals surface area contributed by atoms with E-state index in [1.807, 2.05) is 6.07 Å². The Morgan fingerprint density at radius 1 is 1.33 bits per heavy atom. The lowest BCUT2D eigenvalue weighted by Gasteiger charge is -2.05. The molecule has 12 heavy (non-hydrogen) atoms. The molecule has 0 amide bonds. The van der Waals surface area contributed by atoms with Crippen LogP contribution in [0.2, 0.25) is 0 Å². The summed E-state index contributed by atoms with van der Waals surface area (Å²) < 4.78 is 0. The van der Waals surface area contributed by atoms with Crippen molar-refractivity contribution in [1.82, 2.24) is 0 Å². The second-order valence-electron chi connectivity index (χ2n) is 2.79. The number of allylic oxidation sites excluding steroid dienone is 1. The van der Waals surface area contributed by atoms with Crippen molar-refractivity contribution < 1.29 is 0 Å². The van der Waals surface area contributed by atoms with Gasteiger partial charge in [0, 0.05) is 23.5 Å². The van der Waals surface area contributed by atoms with Crippen LogP contribution in [0.4, 0.5) is 11.4 Å². The minimum Gasteiger partial charge on any atom is -0.402 e. The van der Waals surface area contributed by atoms with Gasteiger partial charge < -0.3 is 17.2 Å². The Hall–Kier alpha value is -1.64. The van der Waals surface area contributed by atoms with Crippen molar-refractivity contribution in [3.05, 3.63) is 36.0 Å².